The third-order valence-electron chi connectivity index (χ3n) is 1.60. The highest BCUT2D eigenvalue weighted by Crippen LogP contribution is 2.16. The molecule has 1 aromatic rings. The Morgan fingerprint density at radius 1 is 1.31 bits per heavy atom. The molecule has 7 heteroatoms. The smallest absolute Gasteiger partial charge is 0.266 e. The van der Waals surface area contributed by atoms with E-state index in [0.29, 0.717) is 13.0 Å². The highest BCUT2D eigenvalue weighted by Gasteiger charge is 1.99. The normalized spacial score (nSPS) is 14.4. The van der Waals surface area contributed by atoms with Crippen molar-refractivity contribution in [3.05, 3.63) is 28.7 Å². The SMILES string of the molecule is O=S(O)(=S)OCCCOc1ccc(Br)cc1. The van der Waals surface area contributed by atoms with E-state index in [1.165, 1.54) is 0 Å². The molecule has 1 unspecified atom stereocenters. The van der Waals surface area contributed by atoms with Gasteiger partial charge in [0.15, 0.2) is 0 Å². The third-order valence-corrected chi connectivity index (χ3v) is 2.89. The summed E-state index contributed by atoms with van der Waals surface area (Å²) < 4.78 is 30.0. The molecule has 90 valence electrons. The van der Waals surface area contributed by atoms with E-state index in [4.69, 9.17) is 9.29 Å². The number of rotatable bonds is 6. The molecular formula is C9H11BrO4S2. The summed E-state index contributed by atoms with van der Waals surface area (Å²) in [5, 5.41) is 0. The molecule has 0 saturated carbocycles. The minimum atomic E-state index is -3.50. The quantitative estimate of drug-likeness (QED) is 0.813. The van der Waals surface area contributed by atoms with Crippen molar-refractivity contribution in [2.45, 2.75) is 6.42 Å². The molecule has 0 radical (unpaired) electrons. The van der Waals surface area contributed by atoms with Crippen LogP contribution >= 0.6 is 15.9 Å². The Morgan fingerprint density at radius 3 is 2.50 bits per heavy atom. The summed E-state index contributed by atoms with van der Waals surface area (Å²) in [6.07, 6.45) is 0.504. The maximum atomic E-state index is 10.6. The summed E-state index contributed by atoms with van der Waals surface area (Å²) in [5.41, 5.74) is 0. The molecule has 1 rings (SSSR count). The van der Waals surface area contributed by atoms with Crippen LogP contribution in [0.5, 0.6) is 5.75 Å². The molecule has 16 heavy (non-hydrogen) atoms. The Hall–Kier alpha value is -0.210. The van der Waals surface area contributed by atoms with Gasteiger partial charge in [0.25, 0.3) is 9.05 Å². The maximum absolute atomic E-state index is 10.6. The molecule has 1 aromatic carbocycles. The Bertz CT molecular complexity index is 416. The molecule has 0 heterocycles. The molecular weight excluding hydrogens is 316 g/mol. The number of halogens is 1. The Kier molecular flexibility index (Phi) is 5.63. The summed E-state index contributed by atoms with van der Waals surface area (Å²) in [7, 11) is -3.50. The van der Waals surface area contributed by atoms with Gasteiger partial charge in [0.05, 0.1) is 13.2 Å². The first-order valence-electron chi connectivity index (χ1n) is 4.47. The second-order valence-corrected chi connectivity index (χ2v) is 6.18. The molecule has 0 bridgehead atoms. The van der Waals surface area contributed by atoms with Crippen molar-refractivity contribution in [3.8, 4) is 5.75 Å². The zero-order valence-corrected chi connectivity index (χ0v) is 11.5. The van der Waals surface area contributed by atoms with E-state index in [1.807, 2.05) is 24.3 Å². The van der Waals surface area contributed by atoms with Crippen LogP contribution in [-0.4, -0.2) is 22.0 Å². The average molecular weight is 327 g/mol. The van der Waals surface area contributed by atoms with Gasteiger partial charge in [0, 0.05) is 22.1 Å². The van der Waals surface area contributed by atoms with E-state index in [9.17, 15) is 4.21 Å². The molecule has 0 amide bonds. The van der Waals surface area contributed by atoms with Gasteiger partial charge in [-0.3, -0.25) is 8.74 Å². The summed E-state index contributed by atoms with van der Waals surface area (Å²) in [6.45, 7) is 0.516. The minimum Gasteiger partial charge on any atom is -0.494 e. The van der Waals surface area contributed by atoms with E-state index in [-0.39, 0.29) is 6.61 Å². The van der Waals surface area contributed by atoms with Crippen molar-refractivity contribution in [1.29, 1.82) is 0 Å². The van der Waals surface area contributed by atoms with E-state index in [2.05, 4.69) is 31.3 Å². The monoisotopic (exact) mass is 326 g/mol. The first kappa shape index (κ1) is 13.9. The lowest BCUT2D eigenvalue weighted by Gasteiger charge is -2.06. The standard InChI is InChI=1S/C9H11BrO4S2/c10-8-2-4-9(5-3-8)13-6-1-7-14-16(11,12)15/h2-5H,1,6-7H2,(H,11,12,15). The minimum absolute atomic E-state index is 0.107. The first-order chi connectivity index (χ1) is 7.47. The van der Waals surface area contributed by atoms with E-state index < -0.39 is 9.05 Å². The molecule has 0 saturated heterocycles. The number of hydrogen-bond acceptors (Lipinski definition) is 4. The third kappa shape index (κ3) is 6.39. The molecule has 0 fully saturated rings. The van der Waals surface area contributed by atoms with Gasteiger partial charge in [-0.1, -0.05) is 15.9 Å². The van der Waals surface area contributed by atoms with Gasteiger partial charge in [-0.25, -0.2) is 0 Å². The Morgan fingerprint density at radius 2 is 1.94 bits per heavy atom. The van der Waals surface area contributed by atoms with Crippen LogP contribution in [0.3, 0.4) is 0 Å². The summed E-state index contributed by atoms with van der Waals surface area (Å²) in [5.74, 6) is 0.742. The van der Waals surface area contributed by atoms with Crippen molar-refractivity contribution in [2.75, 3.05) is 13.2 Å². The van der Waals surface area contributed by atoms with Gasteiger partial charge in [-0.2, -0.15) is 4.21 Å². The van der Waals surface area contributed by atoms with Crippen LogP contribution in [0.15, 0.2) is 28.7 Å². The Labute approximate surface area is 108 Å². The van der Waals surface area contributed by atoms with Crippen LogP contribution in [0.25, 0.3) is 0 Å². The van der Waals surface area contributed by atoms with E-state index in [1.54, 1.807) is 0 Å². The fourth-order valence-electron chi connectivity index (χ4n) is 0.944. The molecule has 1 atom stereocenters. The second kappa shape index (κ2) is 6.51. The van der Waals surface area contributed by atoms with E-state index >= 15 is 0 Å². The fraction of sp³-hybridized carbons (Fsp3) is 0.333. The topological polar surface area (TPSA) is 55.8 Å². The molecule has 0 aromatic heterocycles. The summed E-state index contributed by atoms with van der Waals surface area (Å²) in [6, 6.07) is 7.39. The fourth-order valence-corrected chi connectivity index (χ4v) is 1.74. The van der Waals surface area contributed by atoms with Crippen LogP contribution < -0.4 is 4.74 Å². The van der Waals surface area contributed by atoms with Gasteiger partial charge < -0.3 is 4.74 Å². The van der Waals surface area contributed by atoms with Gasteiger partial charge in [0.1, 0.15) is 5.75 Å². The van der Waals surface area contributed by atoms with Crippen LogP contribution in [0.4, 0.5) is 0 Å². The van der Waals surface area contributed by atoms with Crippen LogP contribution in [-0.2, 0) is 24.4 Å². The van der Waals surface area contributed by atoms with Gasteiger partial charge in [-0.15, -0.1) is 0 Å². The summed E-state index contributed by atoms with van der Waals surface area (Å²) in [4.78, 5) is 0. The van der Waals surface area contributed by atoms with Crippen molar-refractivity contribution >= 4 is 36.2 Å². The highest BCUT2D eigenvalue weighted by atomic mass is 79.9. The number of benzene rings is 1. The molecule has 0 aliphatic carbocycles. The molecule has 1 N–H and O–H groups in total. The Balaban J connectivity index is 2.19. The average Bonchev–Trinajstić information content (AvgIpc) is 2.19. The largest absolute Gasteiger partial charge is 0.494 e. The lowest BCUT2D eigenvalue weighted by molar-refractivity contribution is 0.246. The van der Waals surface area contributed by atoms with Gasteiger partial charge >= 0.3 is 0 Å². The van der Waals surface area contributed by atoms with Crippen LogP contribution in [0.1, 0.15) is 6.42 Å². The molecule has 0 aliphatic heterocycles. The highest BCUT2D eigenvalue weighted by molar-refractivity contribution is 9.10. The van der Waals surface area contributed by atoms with Crippen molar-refractivity contribution in [1.82, 2.24) is 0 Å². The zero-order chi connectivity index (χ0) is 12.0. The predicted molar refractivity (Wildman–Crippen MR) is 68.3 cm³/mol. The van der Waals surface area contributed by atoms with Crippen molar-refractivity contribution in [2.24, 2.45) is 0 Å². The molecule has 4 nitrogen and oxygen atoms in total. The van der Waals surface area contributed by atoms with Gasteiger partial charge in [-0.05, 0) is 24.3 Å². The maximum Gasteiger partial charge on any atom is 0.266 e. The lowest BCUT2D eigenvalue weighted by atomic mass is 10.3. The van der Waals surface area contributed by atoms with Crippen molar-refractivity contribution in [3.63, 3.8) is 0 Å². The van der Waals surface area contributed by atoms with Crippen LogP contribution in [0.2, 0.25) is 0 Å². The number of ether oxygens (including phenoxy) is 1. The first-order valence-corrected chi connectivity index (χ1v) is 7.63. The molecule has 0 aliphatic rings. The predicted octanol–water partition coefficient (Wildman–Crippen LogP) is 2.37. The van der Waals surface area contributed by atoms with Crippen molar-refractivity contribution < 1.29 is 17.7 Å². The lowest BCUT2D eigenvalue weighted by Crippen LogP contribution is -2.07. The van der Waals surface area contributed by atoms with Gasteiger partial charge in [0.2, 0.25) is 0 Å². The van der Waals surface area contributed by atoms with E-state index in [0.717, 1.165) is 10.2 Å². The summed E-state index contributed by atoms with van der Waals surface area (Å²) >= 11 is 7.47. The zero-order valence-electron chi connectivity index (χ0n) is 8.30. The van der Waals surface area contributed by atoms with Crippen LogP contribution in [0, 0.1) is 0 Å². The molecule has 0 spiro atoms. The number of hydrogen-bond donors (Lipinski definition) is 1. The second-order valence-electron chi connectivity index (χ2n) is 2.91.